The molecule has 0 saturated heterocycles. The molecule has 5 aromatic rings. The molecule has 1 N–H and O–H groups in total. The first-order valence-electron chi connectivity index (χ1n) is 11.0. The van der Waals surface area contributed by atoms with Gasteiger partial charge in [0, 0.05) is 16.5 Å². The van der Waals surface area contributed by atoms with Crippen LogP contribution in [0.15, 0.2) is 78.2 Å². The van der Waals surface area contributed by atoms with Crippen molar-refractivity contribution in [2.45, 2.75) is 25.7 Å². The maximum atomic E-state index is 4.75. The van der Waals surface area contributed by atoms with Crippen LogP contribution in [0.5, 0.6) is 0 Å². The predicted molar refractivity (Wildman–Crippen MR) is 132 cm³/mol. The lowest BCUT2D eigenvalue weighted by molar-refractivity contribution is 0.686. The first kappa shape index (κ1) is 19.1. The van der Waals surface area contributed by atoms with Crippen molar-refractivity contribution in [3.8, 4) is 22.5 Å². The largest absolute Gasteiger partial charge is 0.315 e. The third kappa shape index (κ3) is 3.76. The second-order valence-corrected chi connectivity index (χ2v) is 9.08. The van der Waals surface area contributed by atoms with E-state index in [0.717, 1.165) is 27.6 Å². The molecule has 0 saturated carbocycles. The minimum atomic E-state index is 0.700. The Morgan fingerprint density at radius 2 is 1.50 bits per heavy atom. The number of nitrogens with one attached hydrogen (secondary N) is 1. The second-order valence-electron chi connectivity index (χ2n) is 8.22. The molecule has 0 bridgehead atoms. The summed E-state index contributed by atoms with van der Waals surface area (Å²) < 4.78 is 0. The highest BCUT2D eigenvalue weighted by Gasteiger charge is 2.11. The lowest BCUT2D eigenvalue weighted by Crippen LogP contribution is -2.02. The molecule has 156 valence electrons. The fourth-order valence-electron chi connectivity index (χ4n) is 4.37. The van der Waals surface area contributed by atoms with Gasteiger partial charge in [-0.3, -0.25) is 0 Å². The third-order valence-electron chi connectivity index (χ3n) is 6.09. The summed E-state index contributed by atoms with van der Waals surface area (Å²) in [6, 6.07) is 25.5. The SMILES string of the molecule is c1ccc2cc(-c3csc(Nc4ccc(-c5ccc6c(c5)CCCC6)nn4)n3)ccc2c1. The van der Waals surface area contributed by atoms with Crippen molar-refractivity contribution < 1.29 is 0 Å². The Morgan fingerprint density at radius 1 is 0.688 bits per heavy atom. The number of aromatic nitrogens is 3. The third-order valence-corrected chi connectivity index (χ3v) is 6.85. The number of benzene rings is 3. The second kappa shape index (κ2) is 8.17. The van der Waals surface area contributed by atoms with E-state index in [2.05, 4.69) is 81.6 Å². The molecule has 0 spiro atoms. The molecule has 0 amide bonds. The van der Waals surface area contributed by atoms with E-state index in [9.17, 15) is 0 Å². The number of rotatable bonds is 4. The number of hydrogen-bond donors (Lipinski definition) is 1. The summed E-state index contributed by atoms with van der Waals surface area (Å²) in [5.41, 5.74) is 7.06. The van der Waals surface area contributed by atoms with Crippen molar-refractivity contribution in [2.24, 2.45) is 0 Å². The zero-order valence-corrected chi connectivity index (χ0v) is 18.4. The van der Waals surface area contributed by atoms with Gasteiger partial charge in [0.05, 0.1) is 11.4 Å². The molecular weight excluding hydrogens is 412 g/mol. The molecule has 0 atom stereocenters. The van der Waals surface area contributed by atoms with Crippen LogP contribution in [-0.2, 0) is 12.8 Å². The maximum Gasteiger partial charge on any atom is 0.188 e. The summed E-state index contributed by atoms with van der Waals surface area (Å²) in [5.74, 6) is 0.700. The summed E-state index contributed by atoms with van der Waals surface area (Å²) in [6.45, 7) is 0. The molecule has 5 heteroatoms. The van der Waals surface area contributed by atoms with Gasteiger partial charge in [0.2, 0.25) is 0 Å². The van der Waals surface area contributed by atoms with Crippen LogP contribution in [0.3, 0.4) is 0 Å². The van der Waals surface area contributed by atoms with Gasteiger partial charge >= 0.3 is 0 Å². The maximum absolute atomic E-state index is 4.75. The van der Waals surface area contributed by atoms with Gasteiger partial charge < -0.3 is 5.32 Å². The van der Waals surface area contributed by atoms with Crippen LogP contribution in [0.1, 0.15) is 24.0 Å². The molecule has 0 aliphatic heterocycles. The van der Waals surface area contributed by atoms with Crippen molar-refractivity contribution in [1.29, 1.82) is 0 Å². The molecule has 4 nitrogen and oxygen atoms in total. The Kier molecular flexibility index (Phi) is 4.89. The highest BCUT2D eigenvalue weighted by molar-refractivity contribution is 7.14. The molecule has 2 aromatic heterocycles. The van der Waals surface area contributed by atoms with E-state index in [1.807, 2.05) is 12.1 Å². The quantitative estimate of drug-likeness (QED) is 0.329. The van der Waals surface area contributed by atoms with E-state index in [0.29, 0.717) is 5.82 Å². The van der Waals surface area contributed by atoms with Crippen LogP contribution in [0.25, 0.3) is 33.3 Å². The van der Waals surface area contributed by atoms with Gasteiger partial charge in [-0.1, -0.05) is 48.5 Å². The highest BCUT2D eigenvalue weighted by atomic mass is 32.1. The molecule has 1 aliphatic carbocycles. The van der Waals surface area contributed by atoms with Crippen molar-refractivity contribution in [1.82, 2.24) is 15.2 Å². The number of aryl methyl sites for hydroxylation is 2. The molecule has 1 aliphatic rings. The normalized spacial score (nSPS) is 13.1. The van der Waals surface area contributed by atoms with Gasteiger partial charge in [-0.25, -0.2) is 4.98 Å². The Morgan fingerprint density at radius 3 is 2.38 bits per heavy atom. The number of nitrogens with zero attached hydrogens (tertiary/aromatic N) is 3. The molecule has 6 rings (SSSR count). The van der Waals surface area contributed by atoms with Crippen molar-refractivity contribution >= 4 is 33.1 Å². The van der Waals surface area contributed by atoms with Gasteiger partial charge in [0.15, 0.2) is 10.9 Å². The van der Waals surface area contributed by atoms with Crippen molar-refractivity contribution in [3.05, 3.63) is 89.3 Å². The van der Waals surface area contributed by atoms with Crippen LogP contribution < -0.4 is 5.32 Å². The Balaban J connectivity index is 1.20. The first-order valence-corrected chi connectivity index (χ1v) is 11.9. The van der Waals surface area contributed by atoms with E-state index in [1.165, 1.54) is 47.6 Å². The average Bonchev–Trinajstić information content (AvgIpc) is 3.32. The van der Waals surface area contributed by atoms with Crippen LogP contribution in [0.4, 0.5) is 10.9 Å². The molecule has 0 fully saturated rings. The number of hydrogen-bond acceptors (Lipinski definition) is 5. The van der Waals surface area contributed by atoms with E-state index in [1.54, 1.807) is 11.3 Å². The monoisotopic (exact) mass is 434 g/mol. The average molecular weight is 435 g/mol. The van der Waals surface area contributed by atoms with E-state index < -0.39 is 0 Å². The molecule has 32 heavy (non-hydrogen) atoms. The van der Waals surface area contributed by atoms with Gasteiger partial charge in [-0.05, 0) is 71.8 Å². The smallest absolute Gasteiger partial charge is 0.188 e. The minimum absolute atomic E-state index is 0.700. The number of thiazole rings is 1. The summed E-state index contributed by atoms with van der Waals surface area (Å²) in [4.78, 5) is 4.75. The van der Waals surface area contributed by atoms with Crippen LogP contribution in [0, 0.1) is 0 Å². The molecular formula is C27H22N4S. The van der Waals surface area contributed by atoms with Crippen LogP contribution >= 0.6 is 11.3 Å². The number of fused-ring (bicyclic) bond motifs is 2. The summed E-state index contributed by atoms with van der Waals surface area (Å²) >= 11 is 1.57. The van der Waals surface area contributed by atoms with Crippen molar-refractivity contribution in [2.75, 3.05) is 5.32 Å². The predicted octanol–water partition coefficient (Wildman–Crippen LogP) is 7.04. The molecule has 2 heterocycles. The number of anilines is 2. The Hall–Kier alpha value is -3.57. The summed E-state index contributed by atoms with van der Waals surface area (Å²) in [6.07, 6.45) is 4.94. The van der Waals surface area contributed by atoms with Gasteiger partial charge in [0.25, 0.3) is 0 Å². The lowest BCUT2D eigenvalue weighted by Gasteiger charge is -2.16. The standard InChI is InChI=1S/C27H22N4S/c1-3-7-20-15-22(11-9-18(20)5-1)24-13-14-26(31-30-24)29-27-28-25(17-32-27)23-12-10-19-6-2-4-8-21(19)16-23/h2,4,6,8-17H,1,3,5,7H2,(H,28,29,31). The zero-order chi connectivity index (χ0) is 21.3. The van der Waals surface area contributed by atoms with E-state index >= 15 is 0 Å². The van der Waals surface area contributed by atoms with Gasteiger partial charge in [0.1, 0.15) is 0 Å². The van der Waals surface area contributed by atoms with Crippen LogP contribution in [0.2, 0.25) is 0 Å². The fourth-order valence-corrected chi connectivity index (χ4v) is 5.09. The van der Waals surface area contributed by atoms with Crippen LogP contribution in [-0.4, -0.2) is 15.2 Å². The van der Waals surface area contributed by atoms with Crippen molar-refractivity contribution in [3.63, 3.8) is 0 Å². The fraction of sp³-hybridized carbons (Fsp3) is 0.148. The Bertz CT molecular complexity index is 1410. The van der Waals surface area contributed by atoms with E-state index in [4.69, 9.17) is 4.98 Å². The summed E-state index contributed by atoms with van der Waals surface area (Å²) in [7, 11) is 0. The Labute approximate surface area is 191 Å². The highest BCUT2D eigenvalue weighted by Crippen LogP contribution is 2.30. The lowest BCUT2D eigenvalue weighted by atomic mass is 9.90. The summed E-state index contributed by atoms with van der Waals surface area (Å²) in [5, 5.41) is 17.5. The first-order chi connectivity index (χ1) is 15.8. The zero-order valence-electron chi connectivity index (χ0n) is 17.6. The molecule has 3 aromatic carbocycles. The van der Waals surface area contributed by atoms with Gasteiger partial charge in [-0.2, -0.15) is 0 Å². The molecule has 0 radical (unpaired) electrons. The minimum Gasteiger partial charge on any atom is -0.315 e. The van der Waals surface area contributed by atoms with E-state index in [-0.39, 0.29) is 0 Å². The topological polar surface area (TPSA) is 50.7 Å². The molecule has 0 unspecified atom stereocenters. The van der Waals surface area contributed by atoms with Gasteiger partial charge in [-0.15, -0.1) is 21.5 Å².